The number of benzene rings is 2. The largest absolute Gasteiger partial charge is 0.481 e. The third kappa shape index (κ3) is 4.39. The number of amidine groups is 1. The van der Waals surface area contributed by atoms with Crippen LogP contribution in [0.5, 0.6) is 11.5 Å². The highest BCUT2D eigenvalue weighted by atomic mass is 19.3. The van der Waals surface area contributed by atoms with Crippen molar-refractivity contribution in [3.8, 4) is 11.5 Å². The summed E-state index contributed by atoms with van der Waals surface area (Å²) in [4.78, 5) is 20.5. The van der Waals surface area contributed by atoms with Crippen molar-refractivity contribution >= 4 is 17.5 Å². The van der Waals surface area contributed by atoms with Gasteiger partial charge >= 0.3 is 5.97 Å². The highest BCUT2D eigenvalue weighted by Gasteiger charge is 2.32. The molecule has 0 aliphatic carbocycles. The summed E-state index contributed by atoms with van der Waals surface area (Å²) in [6.45, 7) is 6.57. The standard InChI is InChI=1S/C23H25F2N3O3/c1-23(2,22(29)30)14-27-9-11-28(12-10-27)21-16-8-7-15(20(24)25)13-19(16)31-18-6-4-3-5-17(18)26-21/h3-8,13,20H,9-12,14H2,1-2H3,(H,29,30). The Morgan fingerprint density at radius 3 is 2.52 bits per heavy atom. The zero-order valence-corrected chi connectivity index (χ0v) is 17.5. The molecular weight excluding hydrogens is 404 g/mol. The lowest BCUT2D eigenvalue weighted by molar-refractivity contribution is -0.148. The second-order valence-corrected chi connectivity index (χ2v) is 8.51. The summed E-state index contributed by atoms with van der Waals surface area (Å²) in [5.74, 6) is 0.737. The van der Waals surface area contributed by atoms with Crippen LogP contribution in [0.2, 0.25) is 0 Å². The smallest absolute Gasteiger partial charge is 0.310 e. The van der Waals surface area contributed by atoms with Gasteiger partial charge < -0.3 is 14.7 Å². The summed E-state index contributed by atoms with van der Waals surface area (Å²) in [5.41, 5.74) is 0.382. The van der Waals surface area contributed by atoms with E-state index in [4.69, 9.17) is 9.73 Å². The topological polar surface area (TPSA) is 65.4 Å². The summed E-state index contributed by atoms with van der Waals surface area (Å²) < 4.78 is 32.5. The van der Waals surface area contributed by atoms with E-state index in [9.17, 15) is 18.7 Å². The molecule has 2 aromatic carbocycles. The van der Waals surface area contributed by atoms with E-state index < -0.39 is 17.8 Å². The first-order valence-electron chi connectivity index (χ1n) is 10.2. The molecule has 8 heteroatoms. The fourth-order valence-electron chi connectivity index (χ4n) is 3.86. The van der Waals surface area contributed by atoms with Crippen molar-refractivity contribution in [3.05, 3.63) is 53.6 Å². The molecule has 2 heterocycles. The van der Waals surface area contributed by atoms with Crippen molar-refractivity contribution in [2.24, 2.45) is 10.4 Å². The predicted molar refractivity (Wildman–Crippen MR) is 114 cm³/mol. The van der Waals surface area contributed by atoms with E-state index in [0.29, 0.717) is 61.3 Å². The Morgan fingerprint density at radius 2 is 1.84 bits per heavy atom. The molecule has 4 rings (SSSR count). The van der Waals surface area contributed by atoms with Gasteiger partial charge in [0.25, 0.3) is 6.43 Å². The number of hydrogen-bond donors (Lipinski definition) is 1. The van der Waals surface area contributed by atoms with E-state index in [2.05, 4.69) is 9.80 Å². The molecule has 0 spiro atoms. The number of halogens is 2. The number of alkyl halides is 2. The van der Waals surface area contributed by atoms with E-state index in [-0.39, 0.29) is 5.56 Å². The molecule has 0 bridgehead atoms. The number of carbonyl (C=O) groups is 1. The van der Waals surface area contributed by atoms with Crippen molar-refractivity contribution in [2.75, 3.05) is 32.7 Å². The van der Waals surface area contributed by atoms with Gasteiger partial charge in [0.05, 0.1) is 11.0 Å². The molecule has 1 saturated heterocycles. The number of para-hydroxylation sites is 2. The zero-order chi connectivity index (χ0) is 22.2. The second-order valence-electron chi connectivity index (χ2n) is 8.51. The van der Waals surface area contributed by atoms with Crippen LogP contribution < -0.4 is 4.74 Å². The lowest BCUT2D eigenvalue weighted by atomic mass is 9.93. The maximum Gasteiger partial charge on any atom is 0.310 e. The molecule has 0 atom stereocenters. The van der Waals surface area contributed by atoms with Crippen LogP contribution in [-0.2, 0) is 4.79 Å². The summed E-state index contributed by atoms with van der Waals surface area (Å²) in [5, 5.41) is 9.40. The van der Waals surface area contributed by atoms with Gasteiger partial charge in [-0.05, 0) is 38.1 Å². The number of carboxylic acid groups (broad SMARTS) is 1. The van der Waals surface area contributed by atoms with Crippen LogP contribution in [0.25, 0.3) is 0 Å². The average Bonchev–Trinajstić information content (AvgIpc) is 2.90. The van der Waals surface area contributed by atoms with Gasteiger partial charge in [-0.25, -0.2) is 13.8 Å². The summed E-state index contributed by atoms with van der Waals surface area (Å²) in [6, 6.07) is 11.7. The lowest BCUT2D eigenvalue weighted by Crippen LogP contribution is -2.52. The van der Waals surface area contributed by atoms with Crippen molar-refractivity contribution in [3.63, 3.8) is 0 Å². The van der Waals surface area contributed by atoms with Crippen molar-refractivity contribution in [2.45, 2.75) is 20.3 Å². The fourth-order valence-corrected chi connectivity index (χ4v) is 3.86. The molecule has 0 unspecified atom stereocenters. The van der Waals surface area contributed by atoms with Crippen molar-refractivity contribution < 1.29 is 23.4 Å². The minimum atomic E-state index is -2.59. The van der Waals surface area contributed by atoms with Crippen molar-refractivity contribution in [1.29, 1.82) is 0 Å². The minimum absolute atomic E-state index is 0.0989. The van der Waals surface area contributed by atoms with E-state index in [1.54, 1.807) is 26.0 Å². The van der Waals surface area contributed by atoms with Gasteiger partial charge in [-0.15, -0.1) is 0 Å². The third-order valence-corrected chi connectivity index (χ3v) is 5.68. The van der Waals surface area contributed by atoms with Gasteiger partial charge in [-0.3, -0.25) is 9.69 Å². The Kier molecular flexibility index (Phi) is 5.66. The lowest BCUT2D eigenvalue weighted by Gasteiger charge is -2.39. The number of nitrogens with zero attached hydrogens (tertiary/aromatic N) is 3. The maximum atomic E-state index is 13.3. The molecule has 2 aliphatic heterocycles. The fraction of sp³-hybridized carbons (Fsp3) is 0.391. The summed E-state index contributed by atoms with van der Waals surface area (Å²) in [6.07, 6.45) is -2.59. The Balaban J connectivity index is 1.62. The molecule has 31 heavy (non-hydrogen) atoms. The van der Waals surface area contributed by atoms with Crippen LogP contribution in [0, 0.1) is 5.41 Å². The monoisotopic (exact) mass is 429 g/mol. The van der Waals surface area contributed by atoms with Gasteiger partial charge in [-0.1, -0.05) is 18.2 Å². The van der Waals surface area contributed by atoms with Crippen molar-refractivity contribution in [1.82, 2.24) is 9.80 Å². The zero-order valence-electron chi connectivity index (χ0n) is 17.5. The normalized spacial score (nSPS) is 16.8. The first-order chi connectivity index (χ1) is 14.7. The molecule has 1 N–H and O–H groups in total. The third-order valence-electron chi connectivity index (χ3n) is 5.68. The van der Waals surface area contributed by atoms with Crippen LogP contribution in [0.15, 0.2) is 47.5 Å². The van der Waals surface area contributed by atoms with Gasteiger partial charge in [0.2, 0.25) is 0 Å². The number of piperazine rings is 1. The number of carboxylic acids is 1. The Bertz CT molecular complexity index is 1010. The number of aliphatic imine (C=N–C) groups is 1. The molecule has 0 amide bonds. The number of aliphatic carboxylic acids is 1. The quantitative estimate of drug-likeness (QED) is 0.773. The second kappa shape index (κ2) is 8.26. The van der Waals surface area contributed by atoms with Gasteiger partial charge in [0.15, 0.2) is 5.75 Å². The molecule has 6 nitrogen and oxygen atoms in total. The number of ether oxygens (including phenoxy) is 1. The minimum Gasteiger partial charge on any atom is -0.481 e. The number of rotatable bonds is 4. The summed E-state index contributed by atoms with van der Waals surface area (Å²) >= 11 is 0. The van der Waals surface area contributed by atoms with E-state index in [1.165, 1.54) is 12.1 Å². The molecule has 1 fully saturated rings. The molecule has 0 aromatic heterocycles. The first kappa shape index (κ1) is 21.2. The highest BCUT2D eigenvalue weighted by molar-refractivity contribution is 6.03. The van der Waals surface area contributed by atoms with Crippen LogP contribution >= 0.6 is 0 Å². The van der Waals surface area contributed by atoms with Crippen LogP contribution in [0.3, 0.4) is 0 Å². The highest BCUT2D eigenvalue weighted by Crippen LogP contribution is 2.39. The van der Waals surface area contributed by atoms with Gasteiger partial charge in [0.1, 0.15) is 17.3 Å². The van der Waals surface area contributed by atoms with Gasteiger partial charge in [0, 0.05) is 38.3 Å². The summed E-state index contributed by atoms with van der Waals surface area (Å²) in [7, 11) is 0. The molecule has 2 aliphatic rings. The van der Waals surface area contributed by atoms with Crippen LogP contribution in [-0.4, -0.2) is 59.4 Å². The van der Waals surface area contributed by atoms with Gasteiger partial charge in [-0.2, -0.15) is 0 Å². The first-order valence-corrected chi connectivity index (χ1v) is 10.2. The van der Waals surface area contributed by atoms with Crippen LogP contribution in [0.1, 0.15) is 31.4 Å². The Morgan fingerprint density at radius 1 is 1.13 bits per heavy atom. The maximum absolute atomic E-state index is 13.3. The number of fused-ring (bicyclic) bond motifs is 2. The van der Waals surface area contributed by atoms with E-state index in [0.717, 1.165) is 0 Å². The number of hydrogen-bond acceptors (Lipinski definition) is 5. The van der Waals surface area contributed by atoms with E-state index >= 15 is 0 Å². The molecule has 164 valence electrons. The average molecular weight is 429 g/mol. The molecule has 0 radical (unpaired) electrons. The molecule has 2 aromatic rings. The van der Waals surface area contributed by atoms with Crippen LogP contribution in [0.4, 0.5) is 14.5 Å². The Hall–Kier alpha value is -3.00. The SMILES string of the molecule is CC(C)(CN1CCN(C2=Nc3ccccc3Oc3cc(C(F)F)ccc32)CC1)C(=O)O. The molecular formula is C23H25F2N3O3. The Labute approximate surface area is 179 Å². The predicted octanol–water partition coefficient (Wildman–Crippen LogP) is 4.54. The molecule has 0 saturated carbocycles. The van der Waals surface area contributed by atoms with E-state index in [1.807, 2.05) is 18.2 Å².